The molecule has 33 heavy (non-hydrogen) atoms. The number of esters is 1. The lowest BCUT2D eigenvalue weighted by Crippen LogP contribution is -2.30. The van der Waals surface area contributed by atoms with Crippen LogP contribution in [-0.4, -0.2) is 35.1 Å². The number of allylic oxidation sites excluding steroid dienone is 2. The Morgan fingerprint density at radius 3 is 2.15 bits per heavy atom. The van der Waals surface area contributed by atoms with E-state index >= 15 is 0 Å². The Hall–Kier alpha value is -3.85. The molecular weight excluding hydrogens is 452 g/mol. The molecule has 2 amide bonds. The first-order chi connectivity index (χ1) is 15.8. The molecule has 168 valence electrons. The first-order valence-corrected chi connectivity index (χ1v) is 10.4. The number of ether oxygens (including phenoxy) is 1. The van der Waals surface area contributed by atoms with Gasteiger partial charge in [0, 0.05) is 11.6 Å². The van der Waals surface area contributed by atoms with Gasteiger partial charge in [0.05, 0.1) is 28.0 Å². The van der Waals surface area contributed by atoms with Gasteiger partial charge < -0.3 is 4.74 Å². The van der Waals surface area contributed by atoms with Gasteiger partial charge in [-0.3, -0.25) is 29.4 Å². The van der Waals surface area contributed by atoms with E-state index in [4.69, 9.17) is 16.3 Å². The van der Waals surface area contributed by atoms with Crippen molar-refractivity contribution in [2.24, 2.45) is 11.8 Å². The largest absolute Gasteiger partial charge is 0.454 e. The summed E-state index contributed by atoms with van der Waals surface area (Å²) in [5, 5.41) is 10.8. The molecule has 2 atom stereocenters. The first kappa shape index (κ1) is 22.3. The van der Waals surface area contributed by atoms with Crippen molar-refractivity contribution < 1.29 is 28.8 Å². The van der Waals surface area contributed by atoms with Crippen molar-refractivity contribution in [3.05, 3.63) is 80.9 Å². The van der Waals surface area contributed by atoms with Gasteiger partial charge in [0.15, 0.2) is 6.61 Å². The number of imide groups is 1. The average Bonchev–Trinajstić information content (AvgIpc) is 3.07. The molecule has 1 saturated heterocycles. The lowest BCUT2D eigenvalue weighted by atomic mass is 9.85. The summed E-state index contributed by atoms with van der Waals surface area (Å²) in [5.74, 6) is -2.66. The smallest absolute Gasteiger partial charge is 0.338 e. The Balaban J connectivity index is 1.41. The van der Waals surface area contributed by atoms with E-state index in [0.717, 1.165) is 11.0 Å². The molecular formula is C23H17ClN2O7. The molecule has 0 spiro atoms. The number of Topliss-reactive ketones (excluding diaryl/α,β-unsaturated/α-hetero) is 1. The molecule has 1 aliphatic heterocycles. The minimum atomic E-state index is -0.796. The zero-order chi connectivity index (χ0) is 23.7. The minimum Gasteiger partial charge on any atom is -0.454 e. The quantitative estimate of drug-likeness (QED) is 0.158. The Bertz CT molecular complexity index is 1180. The Morgan fingerprint density at radius 1 is 1.00 bits per heavy atom. The number of amides is 2. The summed E-state index contributed by atoms with van der Waals surface area (Å²) in [7, 11) is 0. The van der Waals surface area contributed by atoms with Crippen LogP contribution in [-0.2, 0) is 14.3 Å². The maximum Gasteiger partial charge on any atom is 0.338 e. The summed E-state index contributed by atoms with van der Waals surface area (Å²) < 4.78 is 5.01. The van der Waals surface area contributed by atoms with Crippen LogP contribution in [0.15, 0.2) is 54.6 Å². The van der Waals surface area contributed by atoms with Gasteiger partial charge in [-0.25, -0.2) is 4.79 Å². The second kappa shape index (κ2) is 8.95. The fourth-order valence-corrected chi connectivity index (χ4v) is 4.11. The maximum absolute atomic E-state index is 12.7. The molecule has 2 aromatic carbocycles. The zero-order valence-corrected chi connectivity index (χ0v) is 17.9. The highest BCUT2D eigenvalue weighted by Crippen LogP contribution is 2.37. The third-order valence-electron chi connectivity index (χ3n) is 5.67. The van der Waals surface area contributed by atoms with Crippen LogP contribution in [0.2, 0.25) is 5.02 Å². The first-order valence-electron chi connectivity index (χ1n) is 10.0. The van der Waals surface area contributed by atoms with Gasteiger partial charge in [-0.2, -0.15) is 0 Å². The van der Waals surface area contributed by atoms with Crippen LogP contribution in [0.3, 0.4) is 0 Å². The predicted octanol–water partition coefficient (Wildman–Crippen LogP) is 3.74. The van der Waals surface area contributed by atoms with Gasteiger partial charge >= 0.3 is 5.97 Å². The topological polar surface area (TPSA) is 124 Å². The van der Waals surface area contributed by atoms with Crippen molar-refractivity contribution in [1.29, 1.82) is 0 Å². The number of hydrogen-bond donors (Lipinski definition) is 0. The lowest BCUT2D eigenvalue weighted by molar-refractivity contribution is -0.384. The summed E-state index contributed by atoms with van der Waals surface area (Å²) in [4.78, 5) is 61.3. The highest BCUT2D eigenvalue weighted by molar-refractivity contribution is 6.32. The van der Waals surface area contributed by atoms with Crippen molar-refractivity contribution in [3.63, 3.8) is 0 Å². The Morgan fingerprint density at radius 2 is 1.58 bits per heavy atom. The number of benzene rings is 2. The van der Waals surface area contributed by atoms with Gasteiger partial charge in [0.25, 0.3) is 5.69 Å². The molecule has 9 nitrogen and oxygen atoms in total. The van der Waals surface area contributed by atoms with E-state index in [0.29, 0.717) is 18.5 Å². The maximum atomic E-state index is 12.7. The molecule has 0 saturated carbocycles. The molecule has 2 aromatic rings. The lowest BCUT2D eigenvalue weighted by Gasteiger charge is -2.15. The van der Waals surface area contributed by atoms with Crippen molar-refractivity contribution in [2.45, 2.75) is 12.8 Å². The summed E-state index contributed by atoms with van der Waals surface area (Å²) in [6.07, 6.45) is 4.86. The minimum absolute atomic E-state index is 0.0173. The fraction of sp³-hybridized carbons (Fsp3) is 0.217. The van der Waals surface area contributed by atoms with Crippen molar-refractivity contribution in [3.8, 4) is 0 Å². The van der Waals surface area contributed by atoms with Gasteiger partial charge in [-0.15, -0.1) is 0 Å². The Kier molecular flexibility index (Phi) is 6.06. The van der Waals surface area contributed by atoms with Crippen molar-refractivity contribution >= 4 is 46.5 Å². The van der Waals surface area contributed by atoms with E-state index in [2.05, 4.69) is 0 Å². The monoisotopic (exact) mass is 468 g/mol. The second-order valence-corrected chi connectivity index (χ2v) is 8.04. The average molecular weight is 469 g/mol. The highest BCUT2D eigenvalue weighted by atomic mass is 35.5. The van der Waals surface area contributed by atoms with Gasteiger partial charge in [0.2, 0.25) is 17.6 Å². The number of nitrogens with zero attached hydrogens (tertiary/aromatic N) is 2. The number of hydrogen-bond acceptors (Lipinski definition) is 7. The van der Waals surface area contributed by atoms with Crippen LogP contribution < -0.4 is 4.90 Å². The summed E-state index contributed by atoms with van der Waals surface area (Å²) >= 11 is 5.73. The number of halogens is 1. The molecule has 1 heterocycles. The van der Waals surface area contributed by atoms with Crippen LogP contribution in [0.4, 0.5) is 11.4 Å². The fourth-order valence-electron chi connectivity index (χ4n) is 3.93. The number of anilines is 1. The molecule has 2 aliphatic rings. The van der Waals surface area contributed by atoms with E-state index in [1.165, 1.54) is 36.4 Å². The van der Waals surface area contributed by atoms with Crippen LogP contribution >= 0.6 is 11.6 Å². The molecule has 4 rings (SSSR count). The number of ketones is 1. The van der Waals surface area contributed by atoms with Crippen LogP contribution in [0, 0.1) is 22.0 Å². The van der Waals surface area contributed by atoms with Crippen LogP contribution in [0.1, 0.15) is 33.6 Å². The molecule has 0 bridgehead atoms. The van der Waals surface area contributed by atoms with E-state index in [1.54, 1.807) is 0 Å². The highest BCUT2D eigenvalue weighted by Gasteiger charge is 2.47. The molecule has 0 aromatic heterocycles. The van der Waals surface area contributed by atoms with Gasteiger partial charge in [-0.05, 0) is 49.2 Å². The SMILES string of the molecule is O=C(COC(=O)c1ccc(N2C(=O)[C@H]3CC=CC[C@@H]3C2=O)cc1)c1ccc(Cl)c([N+](=O)[O-])c1. The number of carbonyl (C=O) groups is 4. The predicted molar refractivity (Wildman–Crippen MR) is 117 cm³/mol. The van der Waals surface area contributed by atoms with Crippen LogP contribution in [0.5, 0.6) is 0 Å². The van der Waals surface area contributed by atoms with E-state index in [1.807, 2.05) is 12.2 Å². The second-order valence-electron chi connectivity index (χ2n) is 7.64. The van der Waals surface area contributed by atoms with Gasteiger partial charge in [-0.1, -0.05) is 23.8 Å². The van der Waals surface area contributed by atoms with E-state index in [9.17, 15) is 29.3 Å². The molecule has 1 aliphatic carbocycles. The normalized spacial score (nSPS) is 19.4. The van der Waals surface area contributed by atoms with Crippen molar-refractivity contribution in [1.82, 2.24) is 0 Å². The number of nitro groups is 1. The van der Waals surface area contributed by atoms with Crippen molar-refractivity contribution in [2.75, 3.05) is 11.5 Å². The molecule has 0 radical (unpaired) electrons. The summed E-state index contributed by atoms with van der Waals surface area (Å²) in [5.41, 5.74) is 0.0367. The molecule has 0 unspecified atom stereocenters. The molecule has 10 heteroatoms. The third-order valence-corrected chi connectivity index (χ3v) is 5.99. The summed E-state index contributed by atoms with van der Waals surface area (Å²) in [6, 6.07) is 9.29. The number of nitro benzene ring substituents is 1. The van der Waals surface area contributed by atoms with Gasteiger partial charge in [0.1, 0.15) is 5.02 Å². The Labute approximate surface area is 192 Å². The standard InChI is InChI=1S/C23H17ClN2O7/c24-18-10-7-14(11-19(18)26(31)32)20(27)12-33-23(30)13-5-8-15(9-6-13)25-21(28)16-3-1-2-4-17(16)22(25)29/h1-2,5-11,16-17H,3-4,12H2/t16-,17-/m0/s1. The van der Waals surface area contributed by atoms with E-state index in [-0.39, 0.29) is 39.8 Å². The number of rotatable bonds is 6. The number of carbonyl (C=O) groups excluding carboxylic acids is 4. The molecule has 0 N–H and O–H groups in total. The number of fused-ring (bicyclic) bond motifs is 1. The molecule has 1 fully saturated rings. The zero-order valence-electron chi connectivity index (χ0n) is 17.1. The van der Waals surface area contributed by atoms with E-state index < -0.39 is 29.0 Å². The third kappa shape index (κ3) is 4.27. The summed E-state index contributed by atoms with van der Waals surface area (Å²) in [6.45, 7) is -0.626. The van der Waals surface area contributed by atoms with Crippen LogP contribution in [0.25, 0.3) is 0 Å².